The summed E-state index contributed by atoms with van der Waals surface area (Å²) in [4.78, 5) is 83.6. The number of benzene rings is 2. The molecule has 3 aromatic rings. The number of thioether (sulfide) groups is 1. The van der Waals surface area contributed by atoms with Crippen molar-refractivity contribution in [2.24, 2.45) is 22.6 Å². The number of nitrogens with one attached hydrogen (secondary N) is 3. The molecular weight excluding hydrogens is 920 g/mol. The van der Waals surface area contributed by atoms with Crippen LogP contribution in [-0.2, 0) is 40.1 Å². The van der Waals surface area contributed by atoms with Crippen LogP contribution in [0.5, 0.6) is 0 Å². The van der Waals surface area contributed by atoms with Gasteiger partial charge in [-0.25, -0.2) is 13.6 Å². The zero-order valence-electron chi connectivity index (χ0n) is 37.0. The van der Waals surface area contributed by atoms with Gasteiger partial charge in [-0.1, -0.05) is 51.1 Å². The van der Waals surface area contributed by atoms with Crippen LogP contribution < -0.4 is 33.2 Å². The van der Waals surface area contributed by atoms with E-state index in [1.54, 1.807) is 12.3 Å². The van der Waals surface area contributed by atoms with E-state index < -0.39 is 108 Å². The van der Waals surface area contributed by atoms with Crippen molar-refractivity contribution in [3.05, 3.63) is 83.7 Å². The van der Waals surface area contributed by atoms with E-state index in [1.807, 2.05) is 55.7 Å². The van der Waals surface area contributed by atoms with Crippen molar-refractivity contribution in [3.8, 4) is 11.1 Å². The van der Waals surface area contributed by atoms with Crippen molar-refractivity contribution in [3.63, 3.8) is 0 Å². The number of aromatic nitrogens is 1. The van der Waals surface area contributed by atoms with Gasteiger partial charge in [0.05, 0.1) is 30.3 Å². The van der Waals surface area contributed by atoms with Crippen LogP contribution in [-0.4, -0.2) is 141 Å². The summed E-state index contributed by atoms with van der Waals surface area (Å²) >= 11 is 0.736. The highest BCUT2D eigenvalue weighted by atomic mass is 32.2. The van der Waals surface area contributed by atoms with E-state index in [2.05, 4.69) is 21.7 Å². The van der Waals surface area contributed by atoms with Gasteiger partial charge in [0.1, 0.15) is 24.3 Å². The molecule has 3 rings (SSSR count). The number of alkyl halides is 3. The van der Waals surface area contributed by atoms with Gasteiger partial charge in [-0.05, 0) is 48.7 Å². The number of nitrogens with two attached hydrogens (primary N) is 3. The van der Waals surface area contributed by atoms with Crippen LogP contribution in [0.3, 0.4) is 0 Å². The quantitative estimate of drug-likeness (QED) is 0.0506. The predicted octanol–water partition coefficient (Wildman–Crippen LogP) is 1.65. The second-order valence-corrected chi connectivity index (χ2v) is 16.6. The van der Waals surface area contributed by atoms with E-state index in [0.29, 0.717) is 17.8 Å². The minimum Gasteiger partial charge on any atom is -0.481 e. The van der Waals surface area contributed by atoms with Crippen LogP contribution in [0.1, 0.15) is 50.9 Å². The first-order chi connectivity index (χ1) is 31.3. The summed E-state index contributed by atoms with van der Waals surface area (Å²) in [5, 5.41) is 41.4. The molecule has 372 valence electrons. The Kier molecular flexibility index (Phi) is 24.7. The Hall–Kier alpha value is -6.15. The zero-order chi connectivity index (χ0) is 51.2. The van der Waals surface area contributed by atoms with Crippen molar-refractivity contribution >= 4 is 53.3 Å². The third-order valence-electron chi connectivity index (χ3n) is 9.11. The molecule has 67 heavy (non-hydrogen) atoms. The fourth-order valence-corrected chi connectivity index (χ4v) is 7.13. The van der Waals surface area contributed by atoms with Crippen molar-refractivity contribution in [2.45, 2.75) is 69.7 Å². The van der Waals surface area contributed by atoms with E-state index in [1.165, 1.54) is 11.9 Å². The first-order valence-corrected chi connectivity index (χ1v) is 21.2. The number of nitrogens with zero attached hydrogens (tertiary/aromatic N) is 2. The molecule has 4 amide bonds. The van der Waals surface area contributed by atoms with E-state index in [4.69, 9.17) is 31.6 Å². The van der Waals surface area contributed by atoms with Gasteiger partial charge in [-0.3, -0.25) is 28.8 Å². The topological polar surface area (TPSA) is 323 Å². The van der Waals surface area contributed by atoms with Crippen LogP contribution in [0.15, 0.2) is 60.8 Å². The molecule has 13 N–H and O–H groups in total. The van der Waals surface area contributed by atoms with Crippen molar-refractivity contribution in [1.29, 1.82) is 0 Å². The molecule has 19 nitrogen and oxygen atoms in total. The number of rotatable bonds is 22. The van der Waals surface area contributed by atoms with Gasteiger partial charge in [0.2, 0.25) is 23.6 Å². The summed E-state index contributed by atoms with van der Waals surface area (Å²) in [7, 11) is 1.50. The predicted molar refractivity (Wildman–Crippen MR) is 236 cm³/mol. The lowest BCUT2D eigenvalue weighted by atomic mass is 9.82. The number of amides is 4. The standard InChI is InChI=1S/C39H51F2N7O9S.C2HF3O2.CH5N/c1-39(2,3)35(30-15-24(26-16-25(40)9-10-27(26)41)20-47(30)19-23-7-5-4-6-8-23)48(33(51)21-49)14-11-28(42)36(54)45-13-12-44-32(50)18-46-37(55)31(17-34(52)53)58-22-29(43)38(56)57;3-2(4,5)1(6)7;1-2/h4-10,15-16,20,28-29,31,35,49H,11-14,17-19,21-22,42-43H2,1-3H3,(H,44,50)(H,45,54)(H,46,55)(H,52,53)(H,56,57);(H,6,7);2H2,1H3/t28?,29-,31?,35?;;/m0../s1. The van der Waals surface area contributed by atoms with Crippen molar-refractivity contribution < 1.29 is 75.9 Å². The molecule has 0 spiro atoms. The Morgan fingerprint density at radius 1 is 0.836 bits per heavy atom. The number of aliphatic carboxylic acids is 3. The van der Waals surface area contributed by atoms with Crippen molar-refractivity contribution in [2.75, 3.05) is 45.6 Å². The Bertz CT molecular complexity index is 2120. The van der Waals surface area contributed by atoms with E-state index in [0.717, 1.165) is 35.5 Å². The van der Waals surface area contributed by atoms with Crippen molar-refractivity contribution in [1.82, 2.24) is 25.4 Å². The molecule has 3 unspecified atom stereocenters. The zero-order valence-corrected chi connectivity index (χ0v) is 37.8. The summed E-state index contributed by atoms with van der Waals surface area (Å²) < 4.78 is 62.9. The van der Waals surface area contributed by atoms with Gasteiger partial charge in [0.25, 0.3) is 0 Å². The summed E-state index contributed by atoms with van der Waals surface area (Å²) in [5.41, 5.74) is 17.3. The number of aliphatic hydroxyl groups excluding tert-OH is 1. The number of aliphatic hydroxyl groups is 1. The molecule has 0 saturated heterocycles. The summed E-state index contributed by atoms with van der Waals surface area (Å²) in [6, 6.07) is 11.0. The molecule has 0 aliphatic heterocycles. The lowest BCUT2D eigenvalue weighted by Crippen LogP contribution is -2.48. The minimum atomic E-state index is -5.08. The molecule has 4 atom stereocenters. The van der Waals surface area contributed by atoms with Crippen LogP contribution in [0.25, 0.3) is 11.1 Å². The maximum atomic E-state index is 15.0. The summed E-state index contributed by atoms with van der Waals surface area (Å²) in [6.07, 6.45) is -4.07. The van der Waals surface area contributed by atoms with E-state index in [-0.39, 0.29) is 37.4 Å². The van der Waals surface area contributed by atoms with Crippen LogP contribution in [0.4, 0.5) is 22.0 Å². The number of carbonyl (C=O) groups is 7. The molecule has 25 heteroatoms. The average Bonchev–Trinajstić information content (AvgIpc) is 3.66. The Morgan fingerprint density at radius 3 is 1.97 bits per heavy atom. The van der Waals surface area contributed by atoms with Crippen LogP contribution in [0, 0.1) is 17.0 Å². The molecular formula is C42H57F5N8O11S. The molecule has 0 aliphatic carbocycles. The number of halogens is 5. The van der Waals surface area contributed by atoms with Gasteiger partial charge < -0.3 is 63.0 Å². The minimum absolute atomic E-state index is 0.0273. The highest BCUT2D eigenvalue weighted by Gasteiger charge is 2.39. The maximum Gasteiger partial charge on any atom is 0.490 e. The monoisotopic (exact) mass is 976 g/mol. The van der Waals surface area contributed by atoms with E-state index in [9.17, 15) is 51.4 Å². The first kappa shape index (κ1) is 58.9. The number of hydrogen-bond donors (Lipinski definition) is 10. The van der Waals surface area contributed by atoms with Gasteiger partial charge in [-0.15, -0.1) is 11.8 Å². The normalized spacial score (nSPS) is 12.9. The first-order valence-electron chi connectivity index (χ1n) is 20.1. The third-order valence-corrected chi connectivity index (χ3v) is 10.4. The Morgan fingerprint density at radius 2 is 1.43 bits per heavy atom. The highest BCUT2D eigenvalue weighted by molar-refractivity contribution is 8.00. The Balaban J connectivity index is 0.00000227. The third kappa shape index (κ3) is 20.5. The molecule has 0 saturated carbocycles. The number of carboxylic acid groups (broad SMARTS) is 3. The molecule has 0 bridgehead atoms. The molecule has 0 radical (unpaired) electrons. The van der Waals surface area contributed by atoms with Crippen LogP contribution >= 0.6 is 11.8 Å². The van der Waals surface area contributed by atoms with Gasteiger partial charge in [0.15, 0.2) is 0 Å². The number of hydrogen-bond acceptors (Lipinski definition) is 12. The fraction of sp³-hybridized carbons (Fsp3) is 0.452. The molecule has 0 aliphatic rings. The summed E-state index contributed by atoms with van der Waals surface area (Å²) in [5.74, 6) is -9.58. The largest absolute Gasteiger partial charge is 0.490 e. The molecule has 0 fully saturated rings. The van der Waals surface area contributed by atoms with Crippen LogP contribution in [0.2, 0.25) is 0 Å². The highest BCUT2D eigenvalue weighted by Crippen LogP contribution is 2.41. The molecule has 2 aromatic carbocycles. The van der Waals surface area contributed by atoms with Gasteiger partial charge in [0, 0.05) is 54.9 Å². The van der Waals surface area contributed by atoms with Gasteiger partial charge in [-0.2, -0.15) is 13.2 Å². The summed E-state index contributed by atoms with van der Waals surface area (Å²) in [6.45, 7) is 4.40. The lowest BCUT2D eigenvalue weighted by Gasteiger charge is -2.41. The maximum absolute atomic E-state index is 15.0. The lowest BCUT2D eigenvalue weighted by molar-refractivity contribution is -0.192. The SMILES string of the molecule is CC(C)(C)C(c1cc(-c2cc(F)ccc2F)cn1Cc1ccccc1)N(CCC(N)C(=O)NCCNC(=O)CNC(=O)C(CC(=O)O)SC[C@H](N)C(=O)O)C(=O)CO.CN.O=C(O)C(F)(F)F. The van der Waals surface area contributed by atoms with E-state index >= 15 is 4.39 Å². The fourth-order valence-electron chi connectivity index (χ4n) is 6.05. The second kappa shape index (κ2) is 28.1. The smallest absolute Gasteiger partial charge is 0.481 e. The molecule has 1 heterocycles. The van der Waals surface area contributed by atoms with Gasteiger partial charge >= 0.3 is 24.1 Å². The Labute approximate surface area is 386 Å². The average molecular weight is 977 g/mol. The number of carbonyl (C=O) groups excluding carboxylic acids is 4. The number of carboxylic acids is 3. The molecule has 1 aromatic heterocycles. The second-order valence-electron chi connectivity index (χ2n) is 15.3.